The number of piperazine rings is 1. The lowest BCUT2D eigenvalue weighted by Crippen LogP contribution is -2.47. The Bertz CT molecular complexity index is 716. The van der Waals surface area contributed by atoms with Gasteiger partial charge in [0.15, 0.2) is 0 Å². The van der Waals surface area contributed by atoms with E-state index < -0.39 is 0 Å². The monoisotopic (exact) mass is 330 g/mol. The summed E-state index contributed by atoms with van der Waals surface area (Å²) in [7, 11) is 0. The zero-order chi connectivity index (χ0) is 16.2. The van der Waals surface area contributed by atoms with E-state index in [9.17, 15) is 9.59 Å². The summed E-state index contributed by atoms with van der Waals surface area (Å²) in [6.07, 6.45) is 1.43. The molecular weight excluding hydrogens is 316 g/mol. The summed E-state index contributed by atoms with van der Waals surface area (Å²) in [5.74, 6) is -0.233. The highest BCUT2D eigenvalue weighted by Gasteiger charge is 2.16. The second-order valence-electron chi connectivity index (χ2n) is 5.14. The molecule has 0 unspecified atom stereocenters. The third-order valence-electron chi connectivity index (χ3n) is 3.52. The minimum atomic E-state index is -0.251. The Hall–Kier alpha value is -2.60. The number of anilines is 2. The van der Waals surface area contributed by atoms with E-state index in [0.717, 1.165) is 12.2 Å². The van der Waals surface area contributed by atoms with Gasteiger partial charge in [0.05, 0.1) is 12.1 Å². The predicted molar refractivity (Wildman–Crippen MR) is 88.9 cm³/mol. The van der Waals surface area contributed by atoms with Crippen molar-refractivity contribution in [1.82, 2.24) is 10.3 Å². The first kappa shape index (κ1) is 15.3. The number of carbonyl (C=O) groups is 2. The van der Waals surface area contributed by atoms with Gasteiger partial charge in [-0.15, -0.1) is 0 Å². The average Bonchev–Trinajstić information content (AvgIpc) is 2.56. The summed E-state index contributed by atoms with van der Waals surface area (Å²) in [4.78, 5) is 29.4. The SMILES string of the molecule is O=C1CN(c2ccc(NC(=O)c3ccc(Cl)nc3)cc2)CCN1. The maximum Gasteiger partial charge on any atom is 0.257 e. The summed E-state index contributed by atoms with van der Waals surface area (Å²) in [5, 5.41) is 5.93. The van der Waals surface area contributed by atoms with E-state index in [0.29, 0.717) is 29.5 Å². The molecule has 0 saturated carbocycles. The van der Waals surface area contributed by atoms with Gasteiger partial charge >= 0.3 is 0 Å². The molecule has 1 aliphatic rings. The van der Waals surface area contributed by atoms with Crippen LogP contribution in [0.25, 0.3) is 0 Å². The number of nitrogens with zero attached hydrogens (tertiary/aromatic N) is 2. The molecule has 1 saturated heterocycles. The fourth-order valence-electron chi connectivity index (χ4n) is 2.33. The molecule has 23 heavy (non-hydrogen) atoms. The maximum absolute atomic E-state index is 12.1. The molecule has 2 N–H and O–H groups in total. The van der Waals surface area contributed by atoms with Crippen molar-refractivity contribution < 1.29 is 9.59 Å². The van der Waals surface area contributed by atoms with E-state index in [2.05, 4.69) is 15.6 Å². The van der Waals surface area contributed by atoms with Crippen LogP contribution in [-0.4, -0.2) is 36.4 Å². The van der Waals surface area contributed by atoms with Gasteiger partial charge in [0, 0.05) is 30.7 Å². The molecule has 0 spiro atoms. The molecular formula is C16H15ClN4O2. The molecule has 3 rings (SSSR count). The minimum absolute atomic E-state index is 0.0175. The van der Waals surface area contributed by atoms with E-state index in [-0.39, 0.29) is 11.8 Å². The van der Waals surface area contributed by atoms with E-state index in [4.69, 9.17) is 11.6 Å². The van der Waals surface area contributed by atoms with Crippen molar-refractivity contribution in [2.24, 2.45) is 0 Å². The number of carbonyl (C=O) groups excluding carboxylic acids is 2. The lowest BCUT2D eigenvalue weighted by atomic mass is 10.2. The molecule has 0 aliphatic carbocycles. The van der Waals surface area contributed by atoms with Gasteiger partial charge < -0.3 is 15.5 Å². The van der Waals surface area contributed by atoms with E-state index >= 15 is 0 Å². The number of benzene rings is 1. The quantitative estimate of drug-likeness (QED) is 0.843. The first-order valence-electron chi connectivity index (χ1n) is 7.16. The molecule has 6 nitrogen and oxygen atoms in total. The summed E-state index contributed by atoms with van der Waals surface area (Å²) in [6, 6.07) is 10.6. The molecule has 7 heteroatoms. The molecule has 0 radical (unpaired) electrons. The number of halogens is 1. The second kappa shape index (κ2) is 6.66. The molecule has 2 amide bonds. The molecule has 118 valence electrons. The molecule has 1 aromatic heterocycles. The van der Waals surface area contributed by atoms with Crippen LogP contribution in [0.15, 0.2) is 42.6 Å². The zero-order valence-corrected chi connectivity index (χ0v) is 13.0. The fourth-order valence-corrected chi connectivity index (χ4v) is 2.44. The Balaban J connectivity index is 1.66. The number of hydrogen-bond acceptors (Lipinski definition) is 4. The molecule has 1 aliphatic heterocycles. The van der Waals surface area contributed by atoms with Gasteiger partial charge in [0.25, 0.3) is 5.91 Å². The Morgan fingerprint density at radius 1 is 1.22 bits per heavy atom. The largest absolute Gasteiger partial charge is 0.360 e. The van der Waals surface area contributed by atoms with Crippen molar-refractivity contribution in [3.8, 4) is 0 Å². The van der Waals surface area contributed by atoms with Gasteiger partial charge in [-0.05, 0) is 36.4 Å². The van der Waals surface area contributed by atoms with Crippen molar-refractivity contribution in [2.75, 3.05) is 29.9 Å². The van der Waals surface area contributed by atoms with Gasteiger partial charge in [0.1, 0.15) is 5.15 Å². The van der Waals surface area contributed by atoms with Crippen molar-refractivity contribution >= 4 is 34.8 Å². The van der Waals surface area contributed by atoms with Crippen LogP contribution in [0, 0.1) is 0 Å². The summed E-state index contributed by atoms with van der Waals surface area (Å²) in [6.45, 7) is 1.76. The van der Waals surface area contributed by atoms with Gasteiger partial charge in [-0.3, -0.25) is 9.59 Å². The Morgan fingerprint density at radius 2 is 2.00 bits per heavy atom. The third-order valence-corrected chi connectivity index (χ3v) is 3.74. The summed E-state index contributed by atoms with van der Waals surface area (Å²) in [5.41, 5.74) is 2.06. The van der Waals surface area contributed by atoms with Gasteiger partial charge in [0.2, 0.25) is 5.91 Å². The molecule has 0 atom stereocenters. The van der Waals surface area contributed by atoms with Crippen LogP contribution in [0.1, 0.15) is 10.4 Å². The Kier molecular flexibility index (Phi) is 4.43. The molecule has 0 bridgehead atoms. The molecule has 2 heterocycles. The zero-order valence-electron chi connectivity index (χ0n) is 12.3. The number of hydrogen-bond donors (Lipinski definition) is 2. The molecule has 2 aromatic rings. The fraction of sp³-hybridized carbons (Fsp3) is 0.188. The van der Waals surface area contributed by atoms with Crippen LogP contribution in [0.2, 0.25) is 5.15 Å². The minimum Gasteiger partial charge on any atom is -0.360 e. The molecule has 1 fully saturated rings. The topological polar surface area (TPSA) is 74.3 Å². The van der Waals surface area contributed by atoms with E-state index in [1.165, 1.54) is 6.20 Å². The average molecular weight is 331 g/mol. The van der Waals surface area contributed by atoms with Crippen LogP contribution >= 0.6 is 11.6 Å². The highest BCUT2D eigenvalue weighted by atomic mass is 35.5. The Labute approximate surface area is 138 Å². The number of pyridine rings is 1. The smallest absolute Gasteiger partial charge is 0.257 e. The number of rotatable bonds is 3. The van der Waals surface area contributed by atoms with Gasteiger partial charge in [-0.2, -0.15) is 0 Å². The second-order valence-corrected chi connectivity index (χ2v) is 5.53. The lowest BCUT2D eigenvalue weighted by Gasteiger charge is -2.28. The van der Waals surface area contributed by atoms with Crippen LogP contribution < -0.4 is 15.5 Å². The first-order valence-corrected chi connectivity index (χ1v) is 7.54. The third kappa shape index (κ3) is 3.78. The van der Waals surface area contributed by atoms with Crippen LogP contribution in [0.5, 0.6) is 0 Å². The lowest BCUT2D eigenvalue weighted by molar-refractivity contribution is -0.120. The number of aromatic nitrogens is 1. The van der Waals surface area contributed by atoms with Crippen molar-refractivity contribution in [1.29, 1.82) is 0 Å². The maximum atomic E-state index is 12.1. The van der Waals surface area contributed by atoms with E-state index in [1.54, 1.807) is 12.1 Å². The standard InChI is InChI=1S/C16H15ClN4O2/c17-14-6-1-11(9-19-14)16(23)20-12-2-4-13(5-3-12)21-8-7-18-15(22)10-21/h1-6,9H,7-8,10H2,(H,18,22)(H,20,23). The Morgan fingerprint density at radius 3 is 2.65 bits per heavy atom. The van der Waals surface area contributed by atoms with Crippen molar-refractivity contribution in [2.45, 2.75) is 0 Å². The normalized spacial score (nSPS) is 14.3. The van der Waals surface area contributed by atoms with Crippen LogP contribution in [0.4, 0.5) is 11.4 Å². The van der Waals surface area contributed by atoms with Crippen LogP contribution in [-0.2, 0) is 4.79 Å². The summed E-state index contributed by atoms with van der Waals surface area (Å²) >= 11 is 5.70. The van der Waals surface area contributed by atoms with Crippen molar-refractivity contribution in [3.63, 3.8) is 0 Å². The highest BCUT2D eigenvalue weighted by Crippen LogP contribution is 2.19. The predicted octanol–water partition coefficient (Wildman–Crippen LogP) is 1.92. The van der Waals surface area contributed by atoms with Gasteiger partial charge in [-0.1, -0.05) is 11.6 Å². The first-order chi connectivity index (χ1) is 11.1. The number of amides is 2. The van der Waals surface area contributed by atoms with Crippen LogP contribution in [0.3, 0.4) is 0 Å². The number of nitrogens with one attached hydrogen (secondary N) is 2. The molecule has 1 aromatic carbocycles. The van der Waals surface area contributed by atoms with E-state index in [1.807, 2.05) is 29.2 Å². The summed E-state index contributed by atoms with van der Waals surface area (Å²) < 4.78 is 0. The van der Waals surface area contributed by atoms with Crippen molar-refractivity contribution in [3.05, 3.63) is 53.3 Å². The van der Waals surface area contributed by atoms with Gasteiger partial charge in [-0.25, -0.2) is 4.98 Å². The highest BCUT2D eigenvalue weighted by molar-refractivity contribution is 6.29.